The Labute approximate surface area is 86.9 Å². The minimum atomic E-state index is -0.356. The molecule has 2 N–H and O–H groups in total. The normalized spacial score (nSPS) is 11.9. The van der Waals surface area contributed by atoms with E-state index in [-0.39, 0.29) is 11.9 Å². The molecule has 76 valence electrons. The molecule has 1 aromatic heterocycles. The number of nitrogens with one attached hydrogen (secondary N) is 2. The molecular weight excluding hydrogens is 204 g/mol. The molecule has 1 aromatic rings. The van der Waals surface area contributed by atoms with E-state index < -0.39 is 0 Å². The Kier molecular flexibility index (Phi) is 3.64. The van der Waals surface area contributed by atoms with Crippen molar-refractivity contribution in [3.05, 3.63) is 17.5 Å². The zero-order valence-corrected chi connectivity index (χ0v) is 8.67. The fourth-order valence-electron chi connectivity index (χ4n) is 0.916. The summed E-state index contributed by atoms with van der Waals surface area (Å²) in [5.41, 5.74) is 0. The SMILES string of the molecule is CNC(=O)C(C)Nc1cc(Cl)ncn1. The van der Waals surface area contributed by atoms with E-state index in [1.165, 1.54) is 6.33 Å². The molecule has 6 heteroatoms. The monoisotopic (exact) mass is 214 g/mol. The van der Waals surface area contributed by atoms with Crippen molar-refractivity contribution in [2.24, 2.45) is 0 Å². The molecule has 0 saturated carbocycles. The first-order chi connectivity index (χ1) is 6.63. The van der Waals surface area contributed by atoms with Crippen LogP contribution in [0.3, 0.4) is 0 Å². The summed E-state index contributed by atoms with van der Waals surface area (Å²) >= 11 is 5.65. The number of aromatic nitrogens is 2. The van der Waals surface area contributed by atoms with Gasteiger partial charge in [-0.25, -0.2) is 9.97 Å². The van der Waals surface area contributed by atoms with Crippen LogP contribution in [-0.4, -0.2) is 29.0 Å². The lowest BCUT2D eigenvalue weighted by molar-refractivity contribution is -0.121. The molecule has 0 saturated heterocycles. The molecule has 0 aromatic carbocycles. The summed E-state index contributed by atoms with van der Waals surface area (Å²) in [6, 6.07) is 1.20. The number of halogens is 1. The van der Waals surface area contributed by atoms with E-state index >= 15 is 0 Å². The zero-order valence-electron chi connectivity index (χ0n) is 7.91. The lowest BCUT2D eigenvalue weighted by atomic mass is 10.3. The Hall–Kier alpha value is -1.36. The topological polar surface area (TPSA) is 66.9 Å². The number of carbonyl (C=O) groups is 1. The third kappa shape index (κ3) is 2.85. The van der Waals surface area contributed by atoms with Gasteiger partial charge in [-0.05, 0) is 6.92 Å². The van der Waals surface area contributed by atoms with Crippen molar-refractivity contribution < 1.29 is 4.79 Å². The van der Waals surface area contributed by atoms with Gasteiger partial charge in [0, 0.05) is 13.1 Å². The highest BCUT2D eigenvalue weighted by Crippen LogP contribution is 2.09. The van der Waals surface area contributed by atoms with Gasteiger partial charge in [0.05, 0.1) is 0 Å². The summed E-state index contributed by atoms with van der Waals surface area (Å²) in [6.07, 6.45) is 1.33. The van der Waals surface area contributed by atoms with E-state index in [0.717, 1.165) is 0 Å². The van der Waals surface area contributed by atoms with Crippen LogP contribution in [0.15, 0.2) is 12.4 Å². The Morgan fingerprint density at radius 1 is 1.57 bits per heavy atom. The molecule has 0 radical (unpaired) electrons. The van der Waals surface area contributed by atoms with Gasteiger partial charge in [0.2, 0.25) is 5.91 Å². The Morgan fingerprint density at radius 2 is 2.29 bits per heavy atom. The van der Waals surface area contributed by atoms with Crippen LogP contribution < -0.4 is 10.6 Å². The Balaban J connectivity index is 2.64. The summed E-state index contributed by atoms with van der Waals surface area (Å²) in [6.45, 7) is 1.73. The largest absolute Gasteiger partial charge is 0.358 e. The van der Waals surface area contributed by atoms with Crippen LogP contribution in [0, 0.1) is 0 Å². The highest BCUT2D eigenvalue weighted by Gasteiger charge is 2.10. The smallest absolute Gasteiger partial charge is 0.241 e. The number of likely N-dealkylation sites (N-methyl/N-ethyl adjacent to an activating group) is 1. The van der Waals surface area contributed by atoms with E-state index in [2.05, 4.69) is 20.6 Å². The quantitative estimate of drug-likeness (QED) is 0.727. The van der Waals surface area contributed by atoms with Crippen molar-refractivity contribution in [2.75, 3.05) is 12.4 Å². The third-order valence-corrected chi connectivity index (χ3v) is 1.84. The standard InChI is InChI=1S/C8H11ClN4O/c1-5(8(14)10-2)13-7-3-6(9)11-4-12-7/h3-5H,1-2H3,(H,10,14)(H,11,12,13). The molecule has 1 rings (SSSR count). The van der Waals surface area contributed by atoms with Gasteiger partial charge in [0.25, 0.3) is 0 Å². The van der Waals surface area contributed by atoms with E-state index in [1.54, 1.807) is 20.0 Å². The van der Waals surface area contributed by atoms with Crippen molar-refractivity contribution in [1.29, 1.82) is 0 Å². The molecule has 0 spiro atoms. The summed E-state index contributed by atoms with van der Waals surface area (Å²) in [5.74, 6) is 0.417. The first-order valence-corrected chi connectivity index (χ1v) is 4.47. The molecule has 0 fully saturated rings. The number of amides is 1. The lowest BCUT2D eigenvalue weighted by Gasteiger charge is -2.12. The third-order valence-electron chi connectivity index (χ3n) is 1.64. The minimum Gasteiger partial charge on any atom is -0.358 e. The van der Waals surface area contributed by atoms with Crippen LogP contribution >= 0.6 is 11.6 Å². The van der Waals surface area contributed by atoms with E-state index in [9.17, 15) is 4.79 Å². The second-order valence-electron chi connectivity index (χ2n) is 2.71. The van der Waals surface area contributed by atoms with Crippen LogP contribution in [0.25, 0.3) is 0 Å². The minimum absolute atomic E-state index is 0.111. The zero-order chi connectivity index (χ0) is 10.6. The Morgan fingerprint density at radius 3 is 2.86 bits per heavy atom. The average molecular weight is 215 g/mol. The molecule has 1 heterocycles. The van der Waals surface area contributed by atoms with E-state index in [1.807, 2.05) is 0 Å². The van der Waals surface area contributed by atoms with Crippen LogP contribution in [0.4, 0.5) is 5.82 Å². The molecule has 1 atom stereocenters. The molecule has 1 amide bonds. The highest BCUT2D eigenvalue weighted by atomic mass is 35.5. The predicted octanol–water partition coefficient (Wildman–Crippen LogP) is 0.676. The van der Waals surface area contributed by atoms with Gasteiger partial charge < -0.3 is 10.6 Å². The summed E-state index contributed by atoms with van der Waals surface area (Å²) < 4.78 is 0. The van der Waals surface area contributed by atoms with Gasteiger partial charge in [-0.15, -0.1) is 0 Å². The number of hydrogen-bond donors (Lipinski definition) is 2. The van der Waals surface area contributed by atoms with Gasteiger partial charge in [-0.2, -0.15) is 0 Å². The maximum atomic E-state index is 11.2. The first kappa shape index (κ1) is 10.7. The van der Waals surface area contributed by atoms with Crippen molar-refractivity contribution in [2.45, 2.75) is 13.0 Å². The van der Waals surface area contributed by atoms with Crippen molar-refractivity contribution in [3.8, 4) is 0 Å². The van der Waals surface area contributed by atoms with E-state index in [0.29, 0.717) is 11.0 Å². The van der Waals surface area contributed by atoms with E-state index in [4.69, 9.17) is 11.6 Å². The van der Waals surface area contributed by atoms with Gasteiger partial charge in [0.15, 0.2) is 0 Å². The number of anilines is 1. The molecule has 14 heavy (non-hydrogen) atoms. The molecular formula is C8H11ClN4O. The molecule has 0 bridgehead atoms. The van der Waals surface area contributed by atoms with Crippen LogP contribution in [0.2, 0.25) is 5.15 Å². The fraction of sp³-hybridized carbons (Fsp3) is 0.375. The van der Waals surface area contributed by atoms with Gasteiger partial charge in [0.1, 0.15) is 23.3 Å². The van der Waals surface area contributed by atoms with Crippen molar-refractivity contribution in [1.82, 2.24) is 15.3 Å². The van der Waals surface area contributed by atoms with Gasteiger partial charge >= 0.3 is 0 Å². The van der Waals surface area contributed by atoms with Crippen LogP contribution in [0.5, 0.6) is 0 Å². The van der Waals surface area contributed by atoms with Crippen molar-refractivity contribution >= 4 is 23.3 Å². The maximum absolute atomic E-state index is 11.2. The summed E-state index contributed by atoms with van der Waals surface area (Å²) in [7, 11) is 1.58. The molecule has 0 aliphatic carbocycles. The number of hydrogen-bond acceptors (Lipinski definition) is 4. The van der Waals surface area contributed by atoms with Crippen molar-refractivity contribution in [3.63, 3.8) is 0 Å². The molecule has 0 aliphatic heterocycles. The van der Waals surface area contributed by atoms with Crippen LogP contribution in [0.1, 0.15) is 6.92 Å². The number of nitrogens with zero attached hydrogens (tertiary/aromatic N) is 2. The van der Waals surface area contributed by atoms with Gasteiger partial charge in [-0.3, -0.25) is 4.79 Å². The average Bonchev–Trinajstić information content (AvgIpc) is 2.16. The number of carbonyl (C=O) groups excluding carboxylic acids is 1. The first-order valence-electron chi connectivity index (χ1n) is 4.09. The Bertz CT molecular complexity index is 331. The number of rotatable bonds is 3. The molecule has 1 unspecified atom stereocenters. The summed E-state index contributed by atoms with van der Waals surface area (Å²) in [5, 5.41) is 5.75. The van der Waals surface area contributed by atoms with Crippen LogP contribution in [-0.2, 0) is 4.79 Å². The second kappa shape index (κ2) is 4.76. The fourth-order valence-corrected chi connectivity index (χ4v) is 1.06. The predicted molar refractivity (Wildman–Crippen MR) is 54.2 cm³/mol. The molecule has 0 aliphatic rings. The second-order valence-corrected chi connectivity index (χ2v) is 3.09. The maximum Gasteiger partial charge on any atom is 0.241 e. The lowest BCUT2D eigenvalue weighted by Crippen LogP contribution is -2.35. The summed E-state index contributed by atoms with van der Waals surface area (Å²) in [4.78, 5) is 18.8. The highest BCUT2D eigenvalue weighted by molar-refractivity contribution is 6.29. The van der Waals surface area contributed by atoms with Gasteiger partial charge in [-0.1, -0.05) is 11.6 Å². The molecule has 5 nitrogen and oxygen atoms in total.